The number of hydrogen-bond acceptors (Lipinski definition) is 1. The molecule has 0 amide bonds. The maximum Gasteiger partial charge on any atom is 0.129 e. The van der Waals surface area contributed by atoms with Crippen molar-refractivity contribution in [3.05, 3.63) is 35.6 Å². The molecule has 0 heterocycles. The van der Waals surface area contributed by atoms with E-state index in [1.165, 1.54) is 6.07 Å². The van der Waals surface area contributed by atoms with Crippen molar-refractivity contribution in [2.45, 2.75) is 31.8 Å². The van der Waals surface area contributed by atoms with Gasteiger partial charge in [0.15, 0.2) is 0 Å². The van der Waals surface area contributed by atoms with Crippen LogP contribution in [0.5, 0.6) is 0 Å². The second-order valence-electron chi connectivity index (χ2n) is 4.26. The zero-order valence-corrected chi connectivity index (χ0v) is 8.33. The molecule has 1 N–H and O–H groups in total. The van der Waals surface area contributed by atoms with E-state index in [0.717, 1.165) is 19.3 Å². The molecule has 1 saturated carbocycles. The Kier molecular flexibility index (Phi) is 2.31. The molecule has 14 heavy (non-hydrogen) atoms. The van der Waals surface area contributed by atoms with Crippen LogP contribution in [0.15, 0.2) is 24.3 Å². The Hall–Kier alpha value is -0.890. The van der Waals surface area contributed by atoms with Crippen LogP contribution in [0.1, 0.15) is 31.7 Å². The predicted octanol–water partition coefficient (Wildman–Crippen LogP) is 2.83. The van der Waals surface area contributed by atoms with Crippen molar-refractivity contribution in [3.8, 4) is 0 Å². The van der Waals surface area contributed by atoms with Crippen LogP contribution >= 0.6 is 0 Å². The topological polar surface area (TPSA) is 20.2 Å². The summed E-state index contributed by atoms with van der Waals surface area (Å²) < 4.78 is 13.4. The lowest BCUT2D eigenvalue weighted by Gasteiger charge is -2.39. The first-order valence-corrected chi connectivity index (χ1v) is 5.10. The summed E-state index contributed by atoms with van der Waals surface area (Å²) in [5, 5.41) is 10.2. The van der Waals surface area contributed by atoms with Gasteiger partial charge < -0.3 is 5.11 Å². The fraction of sp³-hybridized carbons (Fsp3) is 0.500. The van der Waals surface area contributed by atoms with Crippen LogP contribution in [0.2, 0.25) is 0 Å². The highest BCUT2D eigenvalue weighted by Gasteiger charge is 2.38. The van der Waals surface area contributed by atoms with Gasteiger partial charge in [-0.15, -0.1) is 0 Å². The minimum Gasteiger partial charge on any atom is -0.385 e. The van der Waals surface area contributed by atoms with Gasteiger partial charge in [0.1, 0.15) is 5.82 Å². The Balaban J connectivity index is 2.32. The Morgan fingerprint density at radius 1 is 1.36 bits per heavy atom. The van der Waals surface area contributed by atoms with Gasteiger partial charge in [-0.05, 0) is 31.7 Å². The van der Waals surface area contributed by atoms with Crippen molar-refractivity contribution in [1.29, 1.82) is 0 Å². The first-order valence-electron chi connectivity index (χ1n) is 5.10. The van der Waals surface area contributed by atoms with E-state index in [9.17, 15) is 9.50 Å². The fourth-order valence-corrected chi connectivity index (χ4v) is 2.06. The number of rotatable bonds is 2. The first kappa shape index (κ1) is 9.66. The minimum absolute atomic E-state index is 0.222. The average Bonchev–Trinajstić information content (AvgIpc) is 2.00. The third kappa shape index (κ3) is 1.44. The molecule has 0 bridgehead atoms. The van der Waals surface area contributed by atoms with Crippen molar-refractivity contribution >= 4 is 0 Å². The molecular weight excluding hydrogens is 179 g/mol. The summed E-state index contributed by atoms with van der Waals surface area (Å²) in [5.41, 5.74) is -0.562. The number of hydrogen-bond donors (Lipinski definition) is 1. The number of benzene rings is 1. The van der Waals surface area contributed by atoms with Crippen LogP contribution in [-0.2, 0) is 5.60 Å². The highest BCUT2D eigenvalue weighted by molar-refractivity contribution is 5.25. The van der Waals surface area contributed by atoms with Gasteiger partial charge in [0.05, 0.1) is 5.60 Å². The summed E-state index contributed by atoms with van der Waals surface area (Å²) in [7, 11) is 0. The van der Waals surface area contributed by atoms with Crippen LogP contribution in [0.4, 0.5) is 4.39 Å². The summed E-state index contributed by atoms with van der Waals surface area (Å²) in [4.78, 5) is 0. The van der Waals surface area contributed by atoms with Crippen molar-refractivity contribution in [1.82, 2.24) is 0 Å². The molecular formula is C12H15FO. The molecule has 2 heteroatoms. The van der Waals surface area contributed by atoms with Crippen molar-refractivity contribution in [3.63, 3.8) is 0 Å². The van der Waals surface area contributed by atoms with Gasteiger partial charge in [-0.1, -0.05) is 24.6 Å². The van der Waals surface area contributed by atoms with E-state index in [2.05, 4.69) is 0 Å². The molecule has 1 nitrogen and oxygen atoms in total. The Bertz CT molecular complexity index is 329. The normalized spacial score (nSPS) is 21.4. The van der Waals surface area contributed by atoms with E-state index in [4.69, 9.17) is 0 Å². The summed E-state index contributed by atoms with van der Waals surface area (Å²) in [6, 6.07) is 6.50. The van der Waals surface area contributed by atoms with E-state index in [0.29, 0.717) is 5.56 Å². The molecule has 1 unspecified atom stereocenters. The van der Waals surface area contributed by atoms with Crippen LogP contribution in [-0.4, -0.2) is 5.11 Å². The van der Waals surface area contributed by atoms with Crippen molar-refractivity contribution < 1.29 is 9.50 Å². The smallest absolute Gasteiger partial charge is 0.129 e. The van der Waals surface area contributed by atoms with Crippen LogP contribution in [0.25, 0.3) is 0 Å². The monoisotopic (exact) mass is 194 g/mol. The van der Waals surface area contributed by atoms with Gasteiger partial charge in [0.2, 0.25) is 0 Å². The molecule has 1 aliphatic rings. The summed E-state index contributed by atoms with van der Waals surface area (Å²) >= 11 is 0. The Labute approximate surface area is 83.6 Å². The standard InChI is InChI=1S/C12H15FO/c1-12(14,9-5-4-6-9)10-7-2-3-8-11(10)13/h2-3,7-9,14H,4-6H2,1H3. The average molecular weight is 194 g/mol. The van der Waals surface area contributed by atoms with E-state index >= 15 is 0 Å². The fourth-order valence-electron chi connectivity index (χ4n) is 2.06. The Morgan fingerprint density at radius 2 is 2.00 bits per heavy atom. The summed E-state index contributed by atoms with van der Waals surface area (Å²) in [6.45, 7) is 1.72. The van der Waals surface area contributed by atoms with Gasteiger partial charge in [-0.2, -0.15) is 0 Å². The van der Waals surface area contributed by atoms with Gasteiger partial charge in [-0.25, -0.2) is 4.39 Å². The van der Waals surface area contributed by atoms with Crippen LogP contribution in [0.3, 0.4) is 0 Å². The summed E-state index contributed by atoms with van der Waals surface area (Å²) in [6.07, 6.45) is 3.15. The molecule has 1 fully saturated rings. The largest absolute Gasteiger partial charge is 0.385 e. The van der Waals surface area contributed by atoms with Gasteiger partial charge in [0, 0.05) is 5.56 Å². The third-order valence-electron chi connectivity index (χ3n) is 3.32. The van der Waals surface area contributed by atoms with Gasteiger partial charge in [0.25, 0.3) is 0 Å². The molecule has 0 aliphatic heterocycles. The molecule has 1 aromatic carbocycles. The summed E-state index contributed by atoms with van der Waals surface area (Å²) in [5.74, 6) is -0.0798. The highest BCUT2D eigenvalue weighted by Crippen LogP contribution is 2.42. The lowest BCUT2D eigenvalue weighted by Crippen LogP contribution is -2.36. The van der Waals surface area contributed by atoms with Crippen LogP contribution in [0, 0.1) is 11.7 Å². The van der Waals surface area contributed by atoms with Crippen molar-refractivity contribution in [2.75, 3.05) is 0 Å². The molecule has 0 radical (unpaired) electrons. The molecule has 0 aromatic heterocycles. The Morgan fingerprint density at radius 3 is 2.50 bits per heavy atom. The number of halogens is 1. The number of aliphatic hydroxyl groups is 1. The van der Waals surface area contributed by atoms with E-state index in [1.807, 2.05) is 0 Å². The quantitative estimate of drug-likeness (QED) is 0.767. The molecule has 1 aliphatic carbocycles. The first-order chi connectivity index (χ1) is 6.62. The molecule has 2 rings (SSSR count). The lowest BCUT2D eigenvalue weighted by atomic mass is 9.70. The third-order valence-corrected chi connectivity index (χ3v) is 3.32. The minimum atomic E-state index is -0.996. The molecule has 0 saturated heterocycles. The van der Waals surface area contributed by atoms with E-state index in [-0.39, 0.29) is 11.7 Å². The van der Waals surface area contributed by atoms with E-state index < -0.39 is 5.60 Å². The molecule has 1 aromatic rings. The molecule has 1 atom stereocenters. The maximum absolute atomic E-state index is 13.4. The molecule has 0 spiro atoms. The SMILES string of the molecule is CC(O)(c1ccccc1F)C1CCC1. The predicted molar refractivity (Wildman–Crippen MR) is 53.3 cm³/mol. The second-order valence-corrected chi connectivity index (χ2v) is 4.26. The highest BCUT2D eigenvalue weighted by atomic mass is 19.1. The zero-order chi connectivity index (χ0) is 10.2. The lowest BCUT2D eigenvalue weighted by molar-refractivity contribution is -0.0425. The zero-order valence-electron chi connectivity index (χ0n) is 8.33. The van der Waals surface area contributed by atoms with E-state index in [1.54, 1.807) is 25.1 Å². The van der Waals surface area contributed by atoms with Crippen molar-refractivity contribution in [2.24, 2.45) is 5.92 Å². The van der Waals surface area contributed by atoms with Gasteiger partial charge in [-0.3, -0.25) is 0 Å². The van der Waals surface area contributed by atoms with Crippen LogP contribution < -0.4 is 0 Å². The van der Waals surface area contributed by atoms with Gasteiger partial charge >= 0.3 is 0 Å². The molecule has 76 valence electrons. The maximum atomic E-state index is 13.4. The second kappa shape index (κ2) is 3.35.